The standard InChI is InChI=1S/C40H52F3N5O9S/c1-22(2)55-31-20-44-34(29-14-10-9-13-28(29)31)56-26-18-30-33(49)46-39(36(51)47-58(53,54)27-15-16-27)19-25(39)12-8-7-11-23(3)17-24(4)32(35(50)48(30)21-26)45-37(52)57-38(5,6)40(41,42)43/h8-10,12-14,20,22-27,30,32H,7,11,15-19,21H2,1-6H3,(H,45,52)(H,46,49)(H,47,51)/b12-8-/t23-,24-,25-,26-,30+,32+,39-/m1/s1. The smallest absolute Gasteiger partial charge is 0.427 e. The third-order valence-electron chi connectivity index (χ3n) is 11.3. The summed E-state index contributed by atoms with van der Waals surface area (Å²) in [5.41, 5.74) is -4.51. The monoisotopic (exact) mass is 835 g/mol. The lowest BCUT2D eigenvalue weighted by molar-refractivity contribution is -0.244. The van der Waals surface area contributed by atoms with Crippen LogP contribution in [-0.2, 0) is 29.1 Å². The minimum Gasteiger partial charge on any atom is -0.489 e. The van der Waals surface area contributed by atoms with E-state index in [4.69, 9.17) is 14.2 Å². The van der Waals surface area contributed by atoms with Gasteiger partial charge in [-0.2, -0.15) is 13.2 Å². The van der Waals surface area contributed by atoms with E-state index in [1.54, 1.807) is 25.1 Å². The number of carbonyl (C=O) groups is 4. The average Bonchev–Trinajstić information content (AvgIpc) is 4.05. The maximum Gasteiger partial charge on any atom is 0.427 e. The Morgan fingerprint density at radius 3 is 2.40 bits per heavy atom. The van der Waals surface area contributed by atoms with Crippen molar-refractivity contribution >= 4 is 44.6 Å². The van der Waals surface area contributed by atoms with Gasteiger partial charge >= 0.3 is 12.3 Å². The molecule has 0 bridgehead atoms. The van der Waals surface area contributed by atoms with E-state index < -0.39 is 86.4 Å². The first-order valence-electron chi connectivity index (χ1n) is 19.7. The molecule has 58 heavy (non-hydrogen) atoms. The van der Waals surface area contributed by atoms with Gasteiger partial charge in [0.2, 0.25) is 33.3 Å². The van der Waals surface area contributed by atoms with Crippen LogP contribution in [0.3, 0.4) is 0 Å². The quantitative estimate of drug-likeness (QED) is 0.281. The summed E-state index contributed by atoms with van der Waals surface area (Å²) in [6, 6.07) is 4.49. The number of rotatable bonds is 9. The molecule has 0 radical (unpaired) electrons. The number of benzene rings is 1. The molecule has 7 atom stereocenters. The lowest BCUT2D eigenvalue weighted by atomic mass is 9.88. The second-order valence-corrected chi connectivity index (χ2v) is 18.9. The van der Waals surface area contributed by atoms with Gasteiger partial charge in [0.1, 0.15) is 29.5 Å². The molecule has 2 saturated carbocycles. The van der Waals surface area contributed by atoms with Gasteiger partial charge < -0.3 is 29.7 Å². The predicted molar refractivity (Wildman–Crippen MR) is 206 cm³/mol. The van der Waals surface area contributed by atoms with Crippen molar-refractivity contribution in [3.8, 4) is 11.6 Å². The summed E-state index contributed by atoms with van der Waals surface area (Å²) < 4.78 is 86.3. The number of carbonyl (C=O) groups excluding carboxylic acids is 4. The first kappa shape index (κ1) is 43.0. The maximum absolute atomic E-state index is 14.8. The Kier molecular flexibility index (Phi) is 12.0. The van der Waals surface area contributed by atoms with E-state index in [0.717, 1.165) is 0 Å². The second kappa shape index (κ2) is 16.2. The molecule has 3 heterocycles. The molecule has 0 spiro atoms. The molecular weight excluding hydrogens is 784 g/mol. The summed E-state index contributed by atoms with van der Waals surface area (Å²) in [4.78, 5) is 61.8. The van der Waals surface area contributed by atoms with Crippen molar-refractivity contribution < 1.29 is 55.0 Å². The largest absolute Gasteiger partial charge is 0.489 e. The van der Waals surface area contributed by atoms with Gasteiger partial charge in [-0.05, 0) is 84.1 Å². The molecule has 0 unspecified atom stereocenters. The number of allylic oxidation sites excluding steroid dienone is 1. The van der Waals surface area contributed by atoms with Crippen molar-refractivity contribution in [3.63, 3.8) is 0 Å². The number of alkyl halides is 3. The molecule has 4 amide bonds. The molecule has 4 aliphatic rings. The molecule has 2 aliphatic carbocycles. The van der Waals surface area contributed by atoms with Crippen molar-refractivity contribution in [1.82, 2.24) is 25.2 Å². The molecule has 1 aromatic heterocycles. The number of nitrogens with one attached hydrogen (secondary N) is 3. The van der Waals surface area contributed by atoms with Gasteiger partial charge in [-0.15, -0.1) is 0 Å². The third kappa shape index (κ3) is 9.31. The van der Waals surface area contributed by atoms with E-state index in [1.807, 2.05) is 39.0 Å². The summed E-state index contributed by atoms with van der Waals surface area (Å²) in [7, 11) is -3.98. The van der Waals surface area contributed by atoms with Crippen molar-refractivity contribution in [3.05, 3.63) is 42.6 Å². The summed E-state index contributed by atoms with van der Waals surface area (Å²) in [6.07, 6.45) is 0.120. The number of hydrogen-bond donors (Lipinski definition) is 3. The highest BCUT2D eigenvalue weighted by atomic mass is 32.2. The molecule has 2 aromatic rings. The van der Waals surface area contributed by atoms with Crippen LogP contribution in [0.25, 0.3) is 10.8 Å². The van der Waals surface area contributed by atoms with E-state index in [0.29, 0.717) is 62.5 Å². The van der Waals surface area contributed by atoms with E-state index in [-0.39, 0.29) is 37.3 Å². The third-order valence-corrected chi connectivity index (χ3v) is 13.1. The Labute approximate surface area is 336 Å². The maximum atomic E-state index is 14.8. The minimum absolute atomic E-state index is 0.0346. The van der Waals surface area contributed by atoms with Gasteiger partial charge in [0.15, 0.2) is 0 Å². The van der Waals surface area contributed by atoms with Gasteiger partial charge in [-0.3, -0.25) is 19.1 Å². The van der Waals surface area contributed by atoms with E-state index in [9.17, 15) is 40.8 Å². The van der Waals surface area contributed by atoms with Crippen LogP contribution in [0.2, 0.25) is 0 Å². The van der Waals surface area contributed by atoms with Gasteiger partial charge in [-0.1, -0.05) is 44.2 Å². The number of pyridine rings is 1. The van der Waals surface area contributed by atoms with Crippen molar-refractivity contribution in [2.75, 3.05) is 6.54 Å². The molecule has 1 aromatic carbocycles. The van der Waals surface area contributed by atoms with Gasteiger partial charge in [0, 0.05) is 23.1 Å². The fourth-order valence-corrected chi connectivity index (χ4v) is 9.05. The Balaban J connectivity index is 1.35. The number of alkyl carbamates (subject to hydrolysis) is 1. The van der Waals surface area contributed by atoms with Crippen LogP contribution in [0.1, 0.15) is 86.5 Å². The molecule has 3 fully saturated rings. The average molecular weight is 836 g/mol. The van der Waals surface area contributed by atoms with Crippen LogP contribution in [0.4, 0.5) is 18.0 Å². The van der Waals surface area contributed by atoms with Crippen LogP contribution >= 0.6 is 0 Å². The lowest BCUT2D eigenvalue weighted by Crippen LogP contribution is -2.59. The van der Waals surface area contributed by atoms with E-state index >= 15 is 0 Å². The van der Waals surface area contributed by atoms with E-state index in [2.05, 4.69) is 20.3 Å². The SMILES string of the molecule is CC(C)Oc1cnc(O[C@@H]2C[C@H]3C(=O)N[C@]4(C(=O)NS(=O)(=O)C5CC5)C[C@H]4/C=C\CC[C@@H](C)C[C@@H](C)[C@H](NC(=O)OC(C)(C)C(F)(F)F)C(=O)N3C2)c2ccccc12. The van der Waals surface area contributed by atoms with Gasteiger partial charge in [-0.25, -0.2) is 18.2 Å². The molecule has 6 rings (SSSR count). The van der Waals surface area contributed by atoms with Crippen LogP contribution < -0.4 is 24.8 Å². The van der Waals surface area contributed by atoms with Crippen LogP contribution in [0, 0.1) is 17.8 Å². The molecule has 1 saturated heterocycles. The van der Waals surface area contributed by atoms with Gasteiger partial charge in [0.25, 0.3) is 5.91 Å². The highest BCUT2D eigenvalue weighted by Crippen LogP contribution is 2.46. The Hall–Kier alpha value is -4.61. The number of hydrogen-bond acceptors (Lipinski definition) is 10. The zero-order valence-electron chi connectivity index (χ0n) is 33.4. The lowest BCUT2D eigenvalue weighted by Gasteiger charge is -2.34. The van der Waals surface area contributed by atoms with Crippen LogP contribution in [0.5, 0.6) is 11.6 Å². The predicted octanol–water partition coefficient (Wildman–Crippen LogP) is 5.30. The number of nitrogens with zero attached hydrogens (tertiary/aromatic N) is 2. The Morgan fingerprint density at radius 1 is 1.05 bits per heavy atom. The summed E-state index contributed by atoms with van der Waals surface area (Å²) in [5, 5.41) is 5.78. The molecule has 318 valence electrons. The normalized spacial score (nSPS) is 29.0. The van der Waals surface area contributed by atoms with Crippen molar-refractivity contribution in [2.45, 2.75) is 133 Å². The topological polar surface area (TPSA) is 182 Å². The van der Waals surface area contributed by atoms with Crippen LogP contribution in [0.15, 0.2) is 42.6 Å². The second-order valence-electron chi connectivity index (χ2n) is 16.9. The summed E-state index contributed by atoms with van der Waals surface area (Å²) in [5.74, 6) is -2.94. The van der Waals surface area contributed by atoms with E-state index in [1.165, 1.54) is 11.1 Å². The highest BCUT2D eigenvalue weighted by Gasteiger charge is 2.62. The number of amides is 4. The summed E-state index contributed by atoms with van der Waals surface area (Å²) in [6.45, 7) is 8.56. The molecule has 3 N–H and O–H groups in total. The first-order chi connectivity index (χ1) is 27.1. The number of aromatic nitrogens is 1. The summed E-state index contributed by atoms with van der Waals surface area (Å²) >= 11 is 0. The fraction of sp³-hybridized carbons (Fsp3) is 0.625. The minimum atomic E-state index is -4.91. The Morgan fingerprint density at radius 2 is 1.74 bits per heavy atom. The molecule has 18 heteroatoms. The first-order valence-corrected chi connectivity index (χ1v) is 21.3. The zero-order valence-corrected chi connectivity index (χ0v) is 34.2. The van der Waals surface area contributed by atoms with Gasteiger partial charge in [0.05, 0.1) is 24.1 Å². The van der Waals surface area contributed by atoms with Crippen molar-refractivity contribution in [2.24, 2.45) is 17.8 Å². The number of halogens is 3. The van der Waals surface area contributed by atoms with Crippen molar-refractivity contribution in [1.29, 1.82) is 0 Å². The fourth-order valence-electron chi connectivity index (χ4n) is 7.68. The number of sulfonamides is 1. The Bertz CT molecular complexity index is 2060. The number of ether oxygens (including phenoxy) is 3. The zero-order chi connectivity index (χ0) is 42.4. The highest BCUT2D eigenvalue weighted by molar-refractivity contribution is 7.91. The molecule has 14 nitrogen and oxygen atoms in total. The molecular formula is C40H52F3N5O9S. The molecule has 2 aliphatic heterocycles. The van der Waals surface area contributed by atoms with Crippen LogP contribution in [-0.4, -0.2) is 95.5 Å². The number of fused-ring (bicyclic) bond motifs is 3.